The minimum Gasteiger partial charge on any atom is -0.457 e. The molecule has 1 amide bonds. The van der Waals surface area contributed by atoms with Gasteiger partial charge in [0, 0.05) is 24.4 Å². The van der Waals surface area contributed by atoms with Gasteiger partial charge in [0.25, 0.3) is 11.6 Å². The van der Waals surface area contributed by atoms with Gasteiger partial charge < -0.3 is 10.1 Å². The third kappa shape index (κ3) is 4.43. The Morgan fingerprint density at radius 1 is 1.17 bits per heavy atom. The number of nitrogens with zero attached hydrogens (tertiary/aromatic N) is 3. The van der Waals surface area contributed by atoms with Crippen LogP contribution in [0.3, 0.4) is 0 Å². The fourth-order valence-corrected chi connectivity index (χ4v) is 3.16. The van der Waals surface area contributed by atoms with Crippen LogP contribution in [0.15, 0.2) is 42.5 Å². The van der Waals surface area contributed by atoms with Crippen LogP contribution in [0.4, 0.5) is 11.4 Å². The number of carbonyl (C=O) groups is 1. The van der Waals surface area contributed by atoms with Crippen LogP contribution in [-0.2, 0) is 6.54 Å². The number of rotatable bonds is 6. The molecule has 150 valence electrons. The molecule has 0 saturated heterocycles. The van der Waals surface area contributed by atoms with E-state index in [-0.39, 0.29) is 23.0 Å². The molecule has 0 saturated carbocycles. The molecule has 0 fully saturated rings. The maximum atomic E-state index is 12.8. The predicted octanol–water partition coefficient (Wildman–Crippen LogP) is 4.78. The first kappa shape index (κ1) is 20.1. The van der Waals surface area contributed by atoms with E-state index >= 15 is 0 Å². The molecular formula is C21H22N4O4. The summed E-state index contributed by atoms with van der Waals surface area (Å²) in [5.74, 6) is 0.443. The van der Waals surface area contributed by atoms with Crippen LogP contribution < -0.4 is 10.1 Å². The Morgan fingerprint density at radius 3 is 2.55 bits per heavy atom. The predicted molar refractivity (Wildman–Crippen MR) is 110 cm³/mol. The van der Waals surface area contributed by atoms with Crippen molar-refractivity contribution in [1.82, 2.24) is 9.78 Å². The van der Waals surface area contributed by atoms with Crippen molar-refractivity contribution in [3.63, 3.8) is 0 Å². The highest BCUT2D eigenvalue weighted by Gasteiger charge is 2.20. The first-order valence-electron chi connectivity index (χ1n) is 9.18. The van der Waals surface area contributed by atoms with Crippen molar-refractivity contribution in [3.8, 4) is 11.5 Å². The molecule has 1 aromatic heterocycles. The number of anilines is 1. The van der Waals surface area contributed by atoms with E-state index in [9.17, 15) is 14.9 Å². The van der Waals surface area contributed by atoms with Crippen molar-refractivity contribution in [2.45, 2.75) is 34.2 Å². The Kier molecular flexibility index (Phi) is 5.63. The standard InChI is InChI=1S/C21H22N4O4/c1-5-24-15(4)20(14(3)23-24)21(26)22-16-10-17(25(27)28)12-19(11-16)29-18-8-6-7-13(2)9-18/h6-12H,5H2,1-4H3,(H,22,26). The number of aryl methyl sites for hydroxylation is 3. The molecule has 0 spiro atoms. The van der Waals surface area contributed by atoms with Crippen LogP contribution in [0, 0.1) is 30.9 Å². The SMILES string of the molecule is CCn1nc(C)c(C(=O)Nc2cc(Oc3cccc(C)c3)cc([N+](=O)[O-])c2)c1C. The molecule has 0 aliphatic carbocycles. The van der Waals surface area contributed by atoms with E-state index in [4.69, 9.17) is 4.74 Å². The van der Waals surface area contributed by atoms with E-state index in [1.165, 1.54) is 12.1 Å². The van der Waals surface area contributed by atoms with E-state index in [0.29, 0.717) is 23.6 Å². The van der Waals surface area contributed by atoms with Crippen LogP contribution in [0.5, 0.6) is 11.5 Å². The lowest BCUT2D eigenvalue weighted by molar-refractivity contribution is -0.384. The van der Waals surface area contributed by atoms with Crippen molar-refractivity contribution >= 4 is 17.3 Å². The Bertz CT molecular complexity index is 1090. The summed E-state index contributed by atoms with van der Waals surface area (Å²) in [5, 5.41) is 18.4. The number of nitro groups is 1. The molecule has 2 aromatic carbocycles. The zero-order chi connectivity index (χ0) is 21.1. The highest BCUT2D eigenvalue weighted by atomic mass is 16.6. The summed E-state index contributed by atoms with van der Waals surface area (Å²) in [4.78, 5) is 23.6. The van der Waals surface area contributed by atoms with Crippen LogP contribution in [0.1, 0.15) is 34.2 Å². The summed E-state index contributed by atoms with van der Waals surface area (Å²) in [6.45, 7) is 8.08. The van der Waals surface area contributed by atoms with Crippen molar-refractivity contribution in [1.29, 1.82) is 0 Å². The topological polar surface area (TPSA) is 99.3 Å². The molecular weight excluding hydrogens is 372 g/mol. The highest BCUT2D eigenvalue weighted by Crippen LogP contribution is 2.30. The fourth-order valence-electron chi connectivity index (χ4n) is 3.16. The molecule has 8 nitrogen and oxygen atoms in total. The second-order valence-electron chi connectivity index (χ2n) is 6.71. The molecule has 0 unspecified atom stereocenters. The number of aromatic nitrogens is 2. The summed E-state index contributed by atoms with van der Waals surface area (Å²) in [6, 6.07) is 11.5. The summed E-state index contributed by atoms with van der Waals surface area (Å²) >= 11 is 0. The number of ether oxygens (including phenoxy) is 1. The molecule has 1 heterocycles. The Labute approximate surface area is 168 Å². The molecule has 0 atom stereocenters. The first-order chi connectivity index (χ1) is 13.8. The average Bonchev–Trinajstić information content (AvgIpc) is 2.95. The van der Waals surface area contributed by atoms with Crippen LogP contribution >= 0.6 is 0 Å². The Hall–Kier alpha value is -3.68. The minimum atomic E-state index is -0.523. The molecule has 3 rings (SSSR count). The van der Waals surface area contributed by atoms with E-state index in [2.05, 4.69) is 10.4 Å². The molecule has 0 aliphatic rings. The maximum absolute atomic E-state index is 12.8. The van der Waals surface area contributed by atoms with Crippen molar-refractivity contribution < 1.29 is 14.5 Å². The average molecular weight is 394 g/mol. The molecule has 3 aromatic rings. The Morgan fingerprint density at radius 2 is 1.93 bits per heavy atom. The monoisotopic (exact) mass is 394 g/mol. The number of non-ortho nitro benzene ring substituents is 1. The molecule has 8 heteroatoms. The number of amides is 1. The van der Waals surface area contributed by atoms with Gasteiger partial charge in [-0.1, -0.05) is 12.1 Å². The van der Waals surface area contributed by atoms with Crippen molar-refractivity contribution in [3.05, 3.63) is 75.1 Å². The first-order valence-corrected chi connectivity index (χ1v) is 9.18. The minimum absolute atomic E-state index is 0.178. The second-order valence-corrected chi connectivity index (χ2v) is 6.71. The number of nitrogens with one attached hydrogen (secondary N) is 1. The van der Waals surface area contributed by atoms with Gasteiger partial charge in [0.1, 0.15) is 11.5 Å². The van der Waals surface area contributed by atoms with Gasteiger partial charge in [-0.3, -0.25) is 19.6 Å². The van der Waals surface area contributed by atoms with Gasteiger partial charge in [0.15, 0.2) is 0 Å². The van der Waals surface area contributed by atoms with Gasteiger partial charge in [0.05, 0.1) is 27.9 Å². The van der Waals surface area contributed by atoms with Gasteiger partial charge in [-0.2, -0.15) is 5.10 Å². The smallest absolute Gasteiger partial charge is 0.275 e. The van der Waals surface area contributed by atoms with Gasteiger partial charge in [-0.05, 0) is 45.4 Å². The lowest BCUT2D eigenvalue weighted by Crippen LogP contribution is -2.14. The zero-order valence-electron chi connectivity index (χ0n) is 16.7. The van der Waals surface area contributed by atoms with E-state index < -0.39 is 4.92 Å². The van der Waals surface area contributed by atoms with Crippen LogP contribution in [0.25, 0.3) is 0 Å². The molecule has 0 radical (unpaired) electrons. The summed E-state index contributed by atoms with van der Waals surface area (Å²) in [6.07, 6.45) is 0. The summed E-state index contributed by atoms with van der Waals surface area (Å²) in [7, 11) is 0. The summed E-state index contributed by atoms with van der Waals surface area (Å²) < 4.78 is 7.51. The zero-order valence-corrected chi connectivity index (χ0v) is 16.7. The number of benzene rings is 2. The van der Waals surface area contributed by atoms with E-state index in [1.807, 2.05) is 39.0 Å². The Balaban J connectivity index is 1.92. The van der Waals surface area contributed by atoms with E-state index in [1.54, 1.807) is 23.7 Å². The number of hydrogen-bond donors (Lipinski definition) is 1. The molecule has 0 aliphatic heterocycles. The fraction of sp³-hybridized carbons (Fsp3) is 0.238. The number of hydrogen-bond acceptors (Lipinski definition) is 5. The number of carbonyl (C=O) groups excluding carboxylic acids is 1. The van der Waals surface area contributed by atoms with Gasteiger partial charge in [0.2, 0.25) is 0 Å². The van der Waals surface area contributed by atoms with Crippen LogP contribution in [0.2, 0.25) is 0 Å². The molecule has 29 heavy (non-hydrogen) atoms. The maximum Gasteiger partial charge on any atom is 0.275 e. The quantitative estimate of drug-likeness (QED) is 0.479. The normalized spacial score (nSPS) is 10.6. The molecule has 0 bridgehead atoms. The second kappa shape index (κ2) is 8.14. The summed E-state index contributed by atoms with van der Waals surface area (Å²) in [5.41, 5.74) is 2.89. The molecule has 1 N–H and O–H groups in total. The van der Waals surface area contributed by atoms with Crippen molar-refractivity contribution in [2.75, 3.05) is 5.32 Å². The van der Waals surface area contributed by atoms with Gasteiger partial charge >= 0.3 is 0 Å². The largest absolute Gasteiger partial charge is 0.457 e. The third-order valence-corrected chi connectivity index (χ3v) is 4.49. The highest BCUT2D eigenvalue weighted by molar-refractivity contribution is 6.06. The lowest BCUT2D eigenvalue weighted by Gasteiger charge is -2.10. The lowest BCUT2D eigenvalue weighted by atomic mass is 10.1. The van der Waals surface area contributed by atoms with Crippen LogP contribution in [-0.4, -0.2) is 20.6 Å². The van der Waals surface area contributed by atoms with Gasteiger partial charge in [-0.15, -0.1) is 0 Å². The van der Waals surface area contributed by atoms with Crippen molar-refractivity contribution in [2.24, 2.45) is 0 Å². The number of nitro benzene ring substituents is 1. The van der Waals surface area contributed by atoms with Gasteiger partial charge in [-0.25, -0.2) is 0 Å². The third-order valence-electron chi connectivity index (χ3n) is 4.49. The van der Waals surface area contributed by atoms with E-state index in [0.717, 1.165) is 11.3 Å².